The van der Waals surface area contributed by atoms with Gasteiger partial charge in [0.15, 0.2) is 0 Å². The monoisotopic (exact) mass is 263 g/mol. The van der Waals surface area contributed by atoms with Crippen molar-refractivity contribution in [3.8, 4) is 0 Å². The number of aryl methyl sites for hydroxylation is 1. The van der Waals surface area contributed by atoms with Crippen LogP contribution in [0.3, 0.4) is 0 Å². The zero-order valence-electron chi connectivity index (χ0n) is 10.6. The first-order chi connectivity index (χ1) is 8.79. The maximum absolute atomic E-state index is 5.36. The molecule has 1 aromatic carbocycles. The lowest BCUT2D eigenvalue weighted by molar-refractivity contribution is 0.428. The van der Waals surface area contributed by atoms with Crippen LogP contribution in [0.15, 0.2) is 40.0 Å². The van der Waals surface area contributed by atoms with Crippen LogP contribution in [0.1, 0.15) is 24.4 Å². The van der Waals surface area contributed by atoms with Crippen molar-refractivity contribution >= 4 is 11.8 Å². The largest absolute Gasteiger partial charge is 0.416 e. The van der Waals surface area contributed by atoms with Crippen molar-refractivity contribution in [2.75, 3.05) is 12.3 Å². The highest BCUT2D eigenvalue weighted by molar-refractivity contribution is 7.99. The first-order valence-electron chi connectivity index (χ1n) is 6.01. The van der Waals surface area contributed by atoms with Crippen LogP contribution in [0.4, 0.5) is 0 Å². The molecule has 0 radical (unpaired) electrons. The molecule has 1 atom stereocenters. The fourth-order valence-corrected chi connectivity index (χ4v) is 2.59. The number of benzene rings is 1. The molecule has 2 rings (SSSR count). The Labute approximate surface area is 111 Å². The van der Waals surface area contributed by atoms with Gasteiger partial charge in [0.2, 0.25) is 5.89 Å². The second-order valence-corrected chi connectivity index (χ2v) is 4.89. The van der Waals surface area contributed by atoms with E-state index < -0.39 is 0 Å². The van der Waals surface area contributed by atoms with Gasteiger partial charge in [-0.25, -0.2) is 0 Å². The molecule has 0 aliphatic carbocycles. The van der Waals surface area contributed by atoms with Gasteiger partial charge < -0.3 is 9.73 Å². The number of rotatable bonds is 6. The highest BCUT2D eigenvalue weighted by Gasteiger charge is 2.12. The summed E-state index contributed by atoms with van der Waals surface area (Å²) in [4.78, 5) is 0. The first-order valence-corrected chi connectivity index (χ1v) is 6.99. The second-order valence-electron chi connectivity index (χ2n) is 3.92. The van der Waals surface area contributed by atoms with E-state index in [2.05, 4.69) is 46.7 Å². The number of nitrogens with zero attached hydrogens (tertiary/aromatic N) is 2. The summed E-state index contributed by atoms with van der Waals surface area (Å²) in [7, 11) is 0. The van der Waals surface area contributed by atoms with E-state index in [1.807, 2.05) is 6.07 Å². The Morgan fingerprint density at radius 3 is 2.67 bits per heavy atom. The number of nitrogens with one attached hydrogen (secondary N) is 1. The molecule has 0 bridgehead atoms. The summed E-state index contributed by atoms with van der Waals surface area (Å²) in [5.41, 5.74) is 1.28. The molecule has 0 amide bonds. The third-order valence-electron chi connectivity index (χ3n) is 2.53. The van der Waals surface area contributed by atoms with Crippen molar-refractivity contribution in [3.63, 3.8) is 0 Å². The Hall–Kier alpha value is -1.33. The van der Waals surface area contributed by atoms with Crippen molar-refractivity contribution in [3.05, 3.63) is 41.8 Å². The predicted octanol–water partition coefficient (Wildman–Crippen LogP) is 2.82. The average molecular weight is 263 g/mol. The zero-order chi connectivity index (χ0) is 12.8. The Bertz CT molecular complexity index is 472. The van der Waals surface area contributed by atoms with Crippen LogP contribution in [0.5, 0.6) is 0 Å². The van der Waals surface area contributed by atoms with E-state index in [1.165, 1.54) is 5.56 Å². The Kier molecular flexibility index (Phi) is 4.78. The van der Waals surface area contributed by atoms with Gasteiger partial charge in [0, 0.05) is 18.7 Å². The molecule has 4 nitrogen and oxygen atoms in total. The Balaban J connectivity index is 1.98. The lowest BCUT2D eigenvalue weighted by Crippen LogP contribution is -2.22. The van der Waals surface area contributed by atoms with E-state index in [0.29, 0.717) is 17.2 Å². The van der Waals surface area contributed by atoms with Crippen LogP contribution in [-0.2, 0) is 0 Å². The van der Waals surface area contributed by atoms with Crippen LogP contribution in [0.25, 0.3) is 0 Å². The summed E-state index contributed by atoms with van der Waals surface area (Å²) < 4.78 is 5.36. The molecular formula is C13H17N3OS. The van der Waals surface area contributed by atoms with E-state index in [4.69, 9.17) is 4.42 Å². The van der Waals surface area contributed by atoms with Crippen molar-refractivity contribution in [2.45, 2.75) is 25.1 Å². The van der Waals surface area contributed by atoms with Gasteiger partial charge in [-0.3, -0.25) is 0 Å². The van der Waals surface area contributed by atoms with Gasteiger partial charge in [-0.1, -0.05) is 49.0 Å². The molecule has 5 heteroatoms. The van der Waals surface area contributed by atoms with Gasteiger partial charge in [0.25, 0.3) is 5.22 Å². The topological polar surface area (TPSA) is 51.0 Å². The van der Waals surface area contributed by atoms with E-state index in [9.17, 15) is 0 Å². The summed E-state index contributed by atoms with van der Waals surface area (Å²) in [6.45, 7) is 4.84. The quantitative estimate of drug-likeness (QED) is 0.812. The lowest BCUT2D eigenvalue weighted by atomic mass is 10.1. The molecule has 1 aromatic heterocycles. The summed E-state index contributed by atoms with van der Waals surface area (Å²) in [6, 6.07) is 10.7. The number of thioether (sulfide) groups is 1. The normalized spacial score (nSPS) is 12.6. The molecule has 1 unspecified atom stereocenters. The fourth-order valence-electron chi connectivity index (χ4n) is 1.70. The third kappa shape index (κ3) is 3.58. The molecular weight excluding hydrogens is 246 g/mol. The molecule has 0 aliphatic heterocycles. The minimum Gasteiger partial charge on any atom is -0.416 e. The summed E-state index contributed by atoms with van der Waals surface area (Å²) in [5, 5.41) is 11.9. The average Bonchev–Trinajstić information content (AvgIpc) is 2.81. The molecule has 0 saturated heterocycles. The number of hydrogen-bond acceptors (Lipinski definition) is 5. The predicted molar refractivity (Wildman–Crippen MR) is 72.6 cm³/mol. The maximum atomic E-state index is 5.36. The molecule has 0 spiro atoms. The minimum atomic E-state index is 0.299. The summed E-state index contributed by atoms with van der Waals surface area (Å²) >= 11 is 1.58. The van der Waals surface area contributed by atoms with Gasteiger partial charge in [0.05, 0.1) is 0 Å². The number of hydrogen-bond donors (Lipinski definition) is 1. The van der Waals surface area contributed by atoms with Gasteiger partial charge in [0.1, 0.15) is 0 Å². The van der Waals surface area contributed by atoms with E-state index in [-0.39, 0.29) is 0 Å². The molecule has 0 saturated carbocycles. The van der Waals surface area contributed by atoms with Gasteiger partial charge >= 0.3 is 0 Å². The van der Waals surface area contributed by atoms with Crippen LogP contribution >= 0.6 is 11.8 Å². The van der Waals surface area contributed by atoms with Crippen LogP contribution in [0, 0.1) is 6.92 Å². The fraction of sp³-hybridized carbons (Fsp3) is 0.385. The van der Waals surface area contributed by atoms with Gasteiger partial charge in [-0.2, -0.15) is 0 Å². The zero-order valence-corrected chi connectivity index (χ0v) is 11.4. The summed E-state index contributed by atoms with van der Waals surface area (Å²) in [5.74, 6) is 1.48. The molecule has 0 aliphatic rings. The van der Waals surface area contributed by atoms with Gasteiger partial charge in [-0.15, -0.1) is 10.2 Å². The first kappa shape index (κ1) is 13.1. The van der Waals surface area contributed by atoms with Crippen molar-refractivity contribution in [1.29, 1.82) is 0 Å². The molecule has 2 aromatic rings. The van der Waals surface area contributed by atoms with Crippen LogP contribution in [0.2, 0.25) is 0 Å². The molecule has 1 heterocycles. The van der Waals surface area contributed by atoms with Crippen molar-refractivity contribution in [2.24, 2.45) is 0 Å². The maximum Gasteiger partial charge on any atom is 0.276 e. The van der Waals surface area contributed by atoms with Crippen molar-refractivity contribution in [1.82, 2.24) is 15.5 Å². The highest BCUT2D eigenvalue weighted by atomic mass is 32.2. The molecule has 18 heavy (non-hydrogen) atoms. The number of aromatic nitrogens is 2. The standard InChI is InChI=1S/C13H17N3OS/c1-3-14-12(11-7-5-4-6-8-11)9-18-13-16-15-10(2)17-13/h4-8,12,14H,3,9H2,1-2H3. The third-order valence-corrected chi connectivity index (χ3v) is 3.45. The Morgan fingerprint density at radius 2 is 2.06 bits per heavy atom. The molecule has 96 valence electrons. The van der Waals surface area contributed by atoms with E-state index in [0.717, 1.165) is 12.3 Å². The van der Waals surface area contributed by atoms with E-state index >= 15 is 0 Å². The lowest BCUT2D eigenvalue weighted by Gasteiger charge is -2.16. The second kappa shape index (κ2) is 6.56. The van der Waals surface area contributed by atoms with Crippen LogP contribution in [-0.4, -0.2) is 22.5 Å². The SMILES string of the molecule is CCNC(CSc1nnc(C)o1)c1ccccc1. The molecule has 1 N–H and O–H groups in total. The molecule has 0 fully saturated rings. The Morgan fingerprint density at radius 1 is 1.28 bits per heavy atom. The minimum absolute atomic E-state index is 0.299. The van der Waals surface area contributed by atoms with E-state index in [1.54, 1.807) is 18.7 Å². The smallest absolute Gasteiger partial charge is 0.276 e. The highest BCUT2D eigenvalue weighted by Crippen LogP contribution is 2.23. The van der Waals surface area contributed by atoms with Gasteiger partial charge in [-0.05, 0) is 12.1 Å². The summed E-state index contributed by atoms with van der Waals surface area (Å²) in [6.07, 6.45) is 0. The van der Waals surface area contributed by atoms with Crippen molar-refractivity contribution < 1.29 is 4.42 Å². The van der Waals surface area contributed by atoms with Crippen LogP contribution < -0.4 is 5.32 Å².